The van der Waals surface area contributed by atoms with Crippen molar-refractivity contribution >= 4 is 55.7 Å². The minimum Gasteiger partial charge on any atom is -0.347 e. The van der Waals surface area contributed by atoms with Crippen LogP contribution in [0.3, 0.4) is 0 Å². The Morgan fingerprint density at radius 2 is 1.74 bits per heavy atom. The number of benzene rings is 2. The van der Waals surface area contributed by atoms with Crippen LogP contribution in [0.15, 0.2) is 53.6 Å². The third-order valence-electron chi connectivity index (χ3n) is 3.97. The van der Waals surface area contributed by atoms with Crippen LogP contribution in [0, 0.1) is 0 Å². The van der Waals surface area contributed by atoms with Crippen LogP contribution in [-0.2, 0) is 21.4 Å². The van der Waals surface area contributed by atoms with Crippen molar-refractivity contribution in [3.8, 4) is 0 Å². The molecule has 0 radical (unpaired) electrons. The van der Waals surface area contributed by atoms with E-state index >= 15 is 0 Å². The van der Waals surface area contributed by atoms with E-state index < -0.39 is 10.0 Å². The maximum Gasteiger partial charge on any atom is 0.261 e. The molecule has 2 aromatic carbocycles. The van der Waals surface area contributed by atoms with Gasteiger partial charge in [0.05, 0.1) is 4.90 Å². The molecule has 142 valence electrons. The van der Waals surface area contributed by atoms with Crippen LogP contribution >= 0.6 is 23.2 Å². The zero-order chi connectivity index (χ0) is 19.8. The Hall–Kier alpha value is -2.22. The first-order chi connectivity index (χ1) is 12.7. The van der Waals surface area contributed by atoms with Crippen LogP contribution in [0.1, 0.15) is 0 Å². The molecule has 0 saturated carbocycles. The van der Waals surface area contributed by atoms with E-state index in [4.69, 9.17) is 23.2 Å². The van der Waals surface area contributed by atoms with Gasteiger partial charge < -0.3 is 9.47 Å². The van der Waals surface area contributed by atoms with E-state index in [0.29, 0.717) is 5.69 Å². The first-order valence-corrected chi connectivity index (χ1v) is 10.2. The minimum absolute atomic E-state index is 0.0192. The van der Waals surface area contributed by atoms with Gasteiger partial charge in [0.25, 0.3) is 10.0 Å². The van der Waals surface area contributed by atoms with Gasteiger partial charge in [0.2, 0.25) is 5.91 Å². The Kier molecular flexibility index (Phi) is 5.37. The number of sulfonamides is 1. The zero-order valence-electron chi connectivity index (χ0n) is 14.6. The number of halogens is 2. The standard InChI is InChI=1S/C18H17Cl2N3O3S/c1-22(2)18(24)11-23-6-5-12-7-15(3-4-17(12)23)21-27(25,26)16-9-13(19)8-14(20)10-16/h3-10,21H,11H2,1-2H3. The van der Waals surface area contributed by atoms with Crippen molar-refractivity contribution < 1.29 is 13.2 Å². The molecule has 3 rings (SSSR count). The fraction of sp³-hybridized carbons (Fsp3) is 0.167. The van der Waals surface area contributed by atoms with E-state index in [-0.39, 0.29) is 27.4 Å². The molecule has 0 aliphatic rings. The lowest BCUT2D eigenvalue weighted by atomic mass is 10.2. The second-order valence-corrected chi connectivity index (χ2v) is 8.77. The molecule has 1 N–H and O–H groups in total. The number of nitrogens with zero attached hydrogens (tertiary/aromatic N) is 2. The number of anilines is 1. The van der Waals surface area contributed by atoms with Crippen LogP contribution in [0.5, 0.6) is 0 Å². The summed E-state index contributed by atoms with van der Waals surface area (Å²) in [7, 11) is -0.442. The Morgan fingerprint density at radius 3 is 2.37 bits per heavy atom. The number of carbonyl (C=O) groups is 1. The number of carbonyl (C=O) groups excluding carboxylic acids is 1. The average molecular weight is 426 g/mol. The zero-order valence-corrected chi connectivity index (χ0v) is 16.9. The Balaban J connectivity index is 1.88. The lowest BCUT2D eigenvalue weighted by Crippen LogP contribution is -2.25. The van der Waals surface area contributed by atoms with Crippen molar-refractivity contribution in [3.05, 3.63) is 58.7 Å². The number of aromatic nitrogens is 1. The average Bonchev–Trinajstić information content (AvgIpc) is 2.95. The quantitative estimate of drug-likeness (QED) is 0.674. The van der Waals surface area contributed by atoms with Crippen LogP contribution in [0.2, 0.25) is 10.0 Å². The molecule has 0 spiro atoms. The Labute approximate surface area is 167 Å². The molecule has 0 fully saturated rings. The van der Waals surface area contributed by atoms with Gasteiger partial charge in [-0.25, -0.2) is 8.42 Å². The molecule has 0 bridgehead atoms. The first-order valence-electron chi connectivity index (χ1n) is 7.94. The first kappa shape index (κ1) is 19.5. The third kappa shape index (κ3) is 4.37. The van der Waals surface area contributed by atoms with Crippen molar-refractivity contribution in [1.29, 1.82) is 0 Å². The molecule has 27 heavy (non-hydrogen) atoms. The smallest absolute Gasteiger partial charge is 0.261 e. The molecular formula is C18H17Cl2N3O3S. The summed E-state index contributed by atoms with van der Waals surface area (Å²) in [4.78, 5) is 13.4. The third-order valence-corrected chi connectivity index (χ3v) is 5.77. The van der Waals surface area contributed by atoms with Crippen LogP contribution < -0.4 is 4.72 Å². The monoisotopic (exact) mass is 425 g/mol. The second-order valence-electron chi connectivity index (χ2n) is 6.22. The molecule has 0 atom stereocenters. The summed E-state index contributed by atoms with van der Waals surface area (Å²) in [5.74, 6) is -0.0323. The molecule has 1 amide bonds. The van der Waals surface area contributed by atoms with Gasteiger partial charge in [0.1, 0.15) is 6.54 Å². The van der Waals surface area contributed by atoms with Crippen molar-refractivity contribution in [2.45, 2.75) is 11.4 Å². The van der Waals surface area contributed by atoms with Gasteiger partial charge in [0.15, 0.2) is 0 Å². The molecule has 0 aliphatic carbocycles. The predicted octanol–water partition coefficient (Wildman–Crippen LogP) is 3.84. The van der Waals surface area contributed by atoms with Crippen LogP contribution in [0.25, 0.3) is 10.9 Å². The van der Waals surface area contributed by atoms with Crippen LogP contribution in [-0.4, -0.2) is 37.9 Å². The summed E-state index contributed by atoms with van der Waals surface area (Å²) in [6, 6.07) is 11.1. The predicted molar refractivity (Wildman–Crippen MR) is 108 cm³/mol. The molecule has 3 aromatic rings. The fourth-order valence-corrected chi connectivity index (χ4v) is 4.36. The highest BCUT2D eigenvalue weighted by molar-refractivity contribution is 7.92. The van der Waals surface area contributed by atoms with E-state index in [2.05, 4.69) is 4.72 Å². The maximum atomic E-state index is 12.6. The summed E-state index contributed by atoms with van der Waals surface area (Å²) in [5.41, 5.74) is 1.23. The highest BCUT2D eigenvalue weighted by atomic mass is 35.5. The lowest BCUT2D eigenvalue weighted by Gasteiger charge is -2.12. The SMILES string of the molecule is CN(C)C(=O)Cn1ccc2cc(NS(=O)(=O)c3cc(Cl)cc(Cl)c3)ccc21. The van der Waals surface area contributed by atoms with Gasteiger partial charge in [0, 0.05) is 46.9 Å². The topological polar surface area (TPSA) is 71.4 Å². The van der Waals surface area contributed by atoms with Gasteiger partial charge in [-0.3, -0.25) is 9.52 Å². The summed E-state index contributed by atoms with van der Waals surface area (Å²) >= 11 is 11.8. The van der Waals surface area contributed by atoms with E-state index in [1.54, 1.807) is 38.5 Å². The van der Waals surface area contributed by atoms with Gasteiger partial charge in [-0.15, -0.1) is 0 Å². The molecular weight excluding hydrogens is 409 g/mol. The maximum absolute atomic E-state index is 12.6. The van der Waals surface area contributed by atoms with Gasteiger partial charge in [-0.1, -0.05) is 23.2 Å². The van der Waals surface area contributed by atoms with Gasteiger partial charge >= 0.3 is 0 Å². The van der Waals surface area contributed by atoms with E-state index in [1.807, 2.05) is 10.6 Å². The number of amides is 1. The number of fused-ring (bicyclic) bond motifs is 1. The van der Waals surface area contributed by atoms with E-state index in [1.165, 1.54) is 23.1 Å². The number of hydrogen-bond donors (Lipinski definition) is 1. The number of hydrogen-bond acceptors (Lipinski definition) is 3. The van der Waals surface area contributed by atoms with Crippen molar-refractivity contribution in [1.82, 2.24) is 9.47 Å². The highest BCUT2D eigenvalue weighted by Crippen LogP contribution is 2.26. The van der Waals surface area contributed by atoms with Gasteiger partial charge in [-0.05, 0) is 42.5 Å². The van der Waals surface area contributed by atoms with Gasteiger partial charge in [-0.2, -0.15) is 0 Å². The van der Waals surface area contributed by atoms with Crippen LogP contribution in [0.4, 0.5) is 5.69 Å². The highest BCUT2D eigenvalue weighted by Gasteiger charge is 2.16. The summed E-state index contributed by atoms with van der Waals surface area (Å²) in [6.45, 7) is 0.211. The Morgan fingerprint density at radius 1 is 1.07 bits per heavy atom. The van der Waals surface area contributed by atoms with Crippen molar-refractivity contribution in [2.24, 2.45) is 0 Å². The Bertz CT molecular complexity index is 1100. The molecule has 1 heterocycles. The number of likely N-dealkylation sites (N-methyl/N-ethyl adjacent to an activating group) is 1. The minimum atomic E-state index is -3.84. The molecule has 0 aliphatic heterocycles. The van der Waals surface area contributed by atoms with E-state index in [0.717, 1.165) is 10.9 Å². The fourth-order valence-electron chi connectivity index (χ4n) is 2.59. The molecule has 1 aromatic heterocycles. The normalized spacial score (nSPS) is 11.6. The van der Waals surface area contributed by atoms with Crippen molar-refractivity contribution in [2.75, 3.05) is 18.8 Å². The molecule has 9 heteroatoms. The van der Waals surface area contributed by atoms with Crippen molar-refractivity contribution in [3.63, 3.8) is 0 Å². The summed E-state index contributed by atoms with van der Waals surface area (Å²) in [6.07, 6.45) is 1.79. The summed E-state index contributed by atoms with van der Waals surface area (Å²) in [5, 5.41) is 1.29. The lowest BCUT2D eigenvalue weighted by molar-refractivity contribution is -0.129. The number of nitrogens with one attached hydrogen (secondary N) is 1. The molecule has 6 nitrogen and oxygen atoms in total. The molecule has 0 unspecified atom stereocenters. The second kappa shape index (κ2) is 7.42. The summed E-state index contributed by atoms with van der Waals surface area (Å²) < 4.78 is 29.5. The molecule has 0 saturated heterocycles. The largest absolute Gasteiger partial charge is 0.347 e. The van der Waals surface area contributed by atoms with E-state index in [9.17, 15) is 13.2 Å². The number of rotatable bonds is 5.